The van der Waals surface area contributed by atoms with E-state index < -0.39 is 17.7 Å². The lowest BCUT2D eigenvalue weighted by atomic mass is 10.1. The third-order valence-electron chi connectivity index (χ3n) is 2.86. The third-order valence-corrected chi connectivity index (χ3v) is 2.86. The number of carboxylic acids is 1. The Labute approximate surface area is 112 Å². The summed E-state index contributed by atoms with van der Waals surface area (Å²) in [6.07, 6.45) is -3.22. The van der Waals surface area contributed by atoms with Crippen LogP contribution in [-0.2, 0) is 12.7 Å². The molecule has 20 heavy (non-hydrogen) atoms. The van der Waals surface area contributed by atoms with Gasteiger partial charge in [0.05, 0.1) is 17.5 Å². The number of hydrogen-bond acceptors (Lipinski definition) is 2. The number of hydrogen-bond donors (Lipinski definition) is 1. The molecule has 0 unspecified atom stereocenters. The molecule has 2 aromatic rings. The highest BCUT2D eigenvalue weighted by atomic mass is 19.4. The van der Waals surface area contributed by atoms with Gasteiger partial charge >= 0.3 is 12.1 Å². The molecule has 0 aliphatic heterocycles. The first-order valence-electron chi connectivity index (χ1n) is 5.81. The number of aromatic carboxylic acids is 1. The molecular weight excluding hydrogens is 273 g/mol. The highest BCUT2D eigenvalue weighted by Gasteiger charge is 2.30. The Kier molecular flexibility index (Phi) is 3.52. The van der Waals surface area contributed by atoms with Gasteiger partial charge in [-0.1, -0.05) is 12.1 Å². The Morgan fingerprint density at radius 1 is 1.30 bits per heavy atom. The van der Waals surface area contributed by atoms with E-state index in [-0.39, 0.29) is 5.56 Å². The Balaban J connectivity index is 2.51. The number of benzene rings is 1. The van der Waals surface area contributed by atoms with Gasteiger partial charge in [-0.15, -0.1) is 0 Å². The molecule has 1 aromatic carbocycles. The molecule has 0 atom stereocenters. The Hall–Kier alpha value is -2.31. The lowest BCUT2D eigenvalue weighted by molar-refractivity contribution is -0.137. The van der Waals surface area contributed by atoms with Crippen molar-refractivity contribution < 1.29 is 23.1 Å². The van der Waals surface area contributed by atoms with Gasteiger partial charge in [-0.3, -0.25) is 4.68 Å². The summed E-state index contributed by atoms with van der Waals surface area (Å²) in [5, 5.41) is 13.0. The molecular formula is C13H11F3N2O2. The van der Waals surface area contributed by atoms with Crippen molar-refractivity contribution in [3.05, 3.63) is 41.6 Å². The van der Waals surface area contributed by atoms with Crippen molar-refractivity contribution in [2.24, 2.45) is 0 Å². The molecule has 0 fully saturated rings. The second-order valence-electron chi connectivity index (χ2n) is 4.10. The lowest BCUT2D eigenvalue weighted by Gasteiger charge is -2.09. The summed E-state index contributed by atoms with van der Waals surface area (Å²) in [6.45, 7) is 2.19. The van der Waals surface area contributed by atoms with Crippen LogP contribution >= 0.6 is 0 Å². The van der Waals surface area contributed by atoms with Crippen LogP contribution in [0.4, 0.5) is 13.2 Å². The quantitative estimate of drug-likeness (QED) is 0.941. The van der Waals surface area contributed by atoms with Crippen molar-refractivity contribution in [1.82, 2.24) is 9.78 Å². The minimum atomic E-state index is -4.42. The maximum atomic E-state index is 12.5. The maximum Gasteiger partial charge on any atom is 0.416 e. The number of rotatable bonds is 3. The number of carbonyl (C=O) groups is 1. The molecule has 0 aliphatic rings. The molecule has 7 heteroatoms. The molecule has 0 amide bonds. The lowest BCUT2D eigenvalue weighted by Crippen LogP contribution is -2.06. The highest BCUT2D eigenvalue weighted by molar-refractivity contribution is 5.94. The second kappa shape index (κ2) is 4.99. The number of carboxylic acid groups (broad SMARTS) is 1. The summed E-state index contributed by atoms with van der Waals surface area (Å²) in [5.74, 6) is -1.17. The fraction of sp³-hybridized carbons (Fsp3) is 0.231. The van der Waals surface area contributed by atoms with Crippen LogP contribution in [0, 0.1) is 0 Å². The van der Waals surface area contributed by atoms with Gasteiger partial charge in [0.15, 0.2) is 0 Å². The van der Waals surface area contributed by atoms with Crippen LogP contribution in [-0.4, -0.2) is 20.9 Å². The van der Waals surface area contributed by atoms with Gasteiger partial charge in [-0.05, 0) is 19.1 Å². The largest absolute Gasteiger partial charge is 0.478 e. The van der Waals surface area contributed by atoms with Crippen molar-refractivity contribution in [3.8, 4) is 11.3 Å². The summed E-state index contributed by atoms with van der Waals surface area (Å²) in [6, 6.07) is 4.35. The minimum Gasteiger partial charge on any atom is -0.478 e. The van der Waals surface area contributed by atoms with E-state index in [2.05, 4.69) is 5.10 Å². The molecule has 1 aromatic heterocycles. The van der Waals surface area contributed by atoms with E-state index in [9.17, 15) is 18.0 Å². The van der Waals surface area contributed by atoms with Crippen LogP contribution in [0.25, 0.3) is 11.3 Å². The molecule has 0 saturated carbocycles. The molecule has 1 heterocycles. The fourth-order valence-corrected chi connectivity index (χ4v) is 1.90. The third kappa shape index (κ3) is 2.52. The normalized spacial score (nSPS) is 11.6. The van der Waals surface area contributed by atoms with Crippen LogP contribution in [0.15, 0.2) is 30.5 Å². The van der Waals surface area contributed by atoms with E-state index in [4.69, 9.17) is 5.11 Å². The SMILES string of the molecule is CCn1ncc(C(=O)O)c1-c1ccc(C(F)(F)F)cc1. The minimum absolute atomic E-state index is 0.0355. The highest BCUT2D eigenvalue weighted by Crippen LogP contribution is 2.31. The Bertz CT molecular complexity index is 630. The van der Waals surface area contributed by atoms with Crippen molar-refractivity contribution in [3.63, 3.8) is 0 Å². The van der Waals surface area contributed by atoms with Crippen molar-refractivity contribution in [2.45, 2.75) is 19.6 Å². The summed E-state index contributed by atoms with van der Waals surface area (Å²) in [4.78, 5) is 11.1. The Morgan fingerprint density at radius 3 is 2.35 bits per heavy atom. The van der Waals surface area contributed by atoms with E-state index >= 15 is 0 Å². The standard InChI is InChI=1S/C13H11F3N2O2/c1-2-18-11(10(7-17-18)12(19)20)8-3-5-9(6-4-8)13(14,15)16/h3-7H,2H2,1H3,(H,19,20). The topological polar surface area (TPSA) is 55.1 Å². The van der Waals surface area contributed by atoms with Gasteiger partial charge in [-0.2, -0.15) is 18.3 Å². The van der Waals surface area contributed by atoms with Crippen molar-refractivity contribution >= 4 is 5.97 Å². The predicted molar refractivity (Wildman–Crippen MR) is 65.3 cm³/mol. The maximum absolute atomic E-state index is 12.5. The first-order chi connectivity index (χ1) is 9.34. The van der Waals surface area contributed by atoms with E-state index in [0.29, 0.717) is 17.8 Å². The van der Waals surface area contributed by atoms with E-state index in [1.165, 1.54) is 23.0 Å². The average molecular weight is 284 g/mol. The van der Waals surface area contributed by atoms with Crippen LogP contribution in [0.3, 0.4) is 0 Å². The van der Waals surface area contributed by atoms with Crippen LogP contribution in [0.5, 0.6) is 0 Å². The molecule has 0 aliphatic carbocycles. The zero-order valence-electron chi connectivity index (χ0n) is 10.5. The van der Waals surface area contributed by atoms with E-state index in [1.807, 2.05) is 0 Å². The fourth-order valence-electron chi connectivity index (χ4n) is 1.90. The number of halogens is 3. The summed E-state index contributed by atoms with van der Waals surface area (Å²) >= 11 is 0. The summed E-state index contributed by atoms with van der Waals surface area (Å²) in [5.41, 5.74) is -0.129. The van der Waals surface area contributed by atoms with Gasteiger partial charge in [0.1, 0.15) is 5.56 Å². The first kappa shape index (κ1) is 14.1. The number of nitrogens with zero attached hydrogens (tertiary/aromatic N) is 2. The molecule has 106 valence electrons. The average Bonchev–Trinajstić information content (AvgIpc) is 2.81. The monoisotopic (exact) mass is 284 g/mol. The van der Waals surface area contributed by atoms with Crippen LogP contribution in [0.1, 0.15) is 22.8 Å². The van der Waals surface area contributed by atoms with Gasteiger partial charge in [0, 0.05) is 12.1 Å². The molecule has 2 rings (SSSR count). The van der Waals surface area contributed by atoms with Gasteiger partial charge < -0.3 is 5.11 Å². The summed E-state index contributed by atoms with van der Waals surface area (Å²) < 4.78 is 38.9. The van der Waals surface area contributed by atoms with Crippen LogP contribution < -0.4 is 0 Å². The molecule has 1 N–H and O–H groups in total. The first-order valence-corrected chi connectivity index (χ1v) is 5.81. The molecule has 0 spiro atoms. The zero-order chi connectivity index (χ0) is 14.9. The second-order valence-corrected chi connectivity index (χ2v) is 4.10. The van der Waals surface area contributed by atoms with E-state index in [0.717, 1.165) is 12.1 Å². The zero-order valence-corrected chi connectivity index (χ0v) is 10.5. The molecule has 0 saturated heterocycles. The predicted octanol–water partition coefficient (Wildman–Crippen LogP) is 3.29. The number of aromatic nitrogens is 2. The smallest absolute Gasteiger partial charge is 0.416 e. The number of alkyl halides is 3. The summed E-state index contributed by atoms with van der Waals surface area (Å²) in [7, 11) is 0. The number of aryl methyl sites for hydroxylation is 1. The van der Waals surface area contributed by atoms with Gasteiger partial charge in [0.25, 0.3) is 0 Å². The van der Waals surface area contributed by atoms with Crippen LogP contribution in [0.2, 0.25) is 0 Å². The van der Waals surface area contributed by atoms with Gasteiger partial charge in [-0.25, -0.2) is 4.79 Å². The van der Waals surface area contributed by atoms with Crippen molar-refractivity contribution in [2.75, 3.05) is 0 Å². The molecule has 0 bridgehead atoms. The Morgan fingerprint density at radius 2 is 1.90 bits per heavy atom. The molecule has 0 radical (unpaired) electrons. The molecule has 4 nitrogen and oxygen atoms in total. The van der Waals surface area contributed by atoms with E-state index in [1.54, 1.807) is 6.92 Å². The van der Waals surface area contributed by atoms with Gasteiger partial charge in [0.2, 0.25) is 0 Å². The van der Waals surface area contributed by atoms with Crippen molar-refractivity contribution in [1.29, 1.82) is 0 Å².